The normalized spacial score (nSPS) is 19.1. The molecule has 0 radical (unpaired) electrons. The molecule has 1 heterocycles. The van der Waals surface area contributed by atoms with Gasteiger partial charge in [-0.15, -0.1) is 12.4 Å². The molecule has 0 bridgehead atoms. The first-order chi connectivity index (χ1) is 3.39. The topological polar surface area (TPSA) is 53.3 Å². The van der Waals surface area contributed by atoms with Crippen LogP contribution in [0.25, 0.3) is 0 Å². The lowest BCUT2D eigenvalue weighted by molar-refractivity contribution is 0.141. The highest BCUT2D eigenvalue weighted by atomic mass is 35.5. The maximum Gasteiger partial charge on any atom is 0.0332 e. The Balaban J connectivity index is 0.000000490. The van der Waals surface area contributed by atoms with Gasteiger partial charge in [-0.25, -0.2) is 11.3 Å². The van der Waals surface area contributed by atoms with Crippen LogP contribution >= 0.6 is 12.4 Å². The van der Waals surface area contributed by atoms with Gasteiger partial charge in [0.05, 0.1) is 0 Å². The number of halogens is 1. The van der Waals surface area contributed by atoms with E-state index in [0.717, 1.165) is 6.54 Å². The smallest absolute Gasteiger partial charge is 0.0332 e. The maximum atomic E-state index is 5.19. The van der Waals surface area contributed by atoms with E-state index in [4.69, 9.17) is 5.84 Å². The maximum absolute atomic E-state index is 5.19. The number of hydrazine groups is 3. The third-order valence-electron chi connectivity index (χ3n) is 0.711. The van der Waals surface area contributed by atoms with Crippen LogP contribution < -0.4 is 16.7 Å². The Kier molecular flexibility index (Phi) is 3.55. The average Bonchev–Trinajstić information content (AvgIpc) is 1.69. The first-order valence-corrected chi connectivity index (χ1v) is 2.09. The van der Waals surface area contributed by atoms with Crippen LogP contribution in [0.4, 0.5) is 0 Å². The molecule has 0 fully saturated rings. The molecule has 48 valence electrons. The number of hydrogen-bond donors (Lipinski definition) is 3. The summed E-state index contributed by atoms with van der Waals surface area (Å²) < 4.78 is 0. The van der Waals surface area contributed by atoms with Gasteiger partial charge in [0, 0.05) is 12.7 Å². The Morgan fingerprint density at radius 1 is 1.62 bits per heavy atom. The number of nitrogens with two attached hydrogens (primary N) is 1. The highest BCUT2D eigenvalue weighted by Gasteiger charge is 1.92. The molecule has 0 saturated carbocycles. The Morgan fingerprint density at radius 3 is 2.62 bits per heavy atom. The van der Waals surface area contributed by atoms with Gasteiger partial charge in [0.25, 0.3) is 0 Å². The molecule has 0 amide bonds. The van der Waals surface area contributed by atoms with Crippen molar-refractivity contribution in [3.05, 3.63) is 12.3 Å². The summed E-state index contributed by atoms with van der Waals surface area (Å²) >= 11 is 0. The number of nitrogens with one attached hydrogen (secondary N) is 2. The summed E-state index contributed by atoms with van der Waals surface area (Å²) in [6, 6.07) is 0. The Hall–Kier alpha value is -0.290. The van der Waals surface area contributed by atoms with Gasteiger partial charge >= 0.3 is 0 Å². The molecule has 0 saturated heterocycles. The van der Waals surface area contributed by atoms with E-state index in [-0.39, 0.29) is 12.4 Å². The monoisotopic (exact) mass is 136 g/mol. The van der Waals surface area contributed by atoms with Crippen LogP contribution in [0.15, 0.2) is 12.3 Å². The van der Waals surface area contributed by atoms with Crippen LogP contribution in [0.3, 0.4) is 0 Å². The second kappa shape index (κ2) is 3.68. The van der Waals surface area contributed by atoms with Gasteiger partial charge in [-0.1, -0.05) is 11.3 Å². The van der Waals surface area contributed by atoms with Crippen LogP contribution in [0.1, 0.15) is 0 Å². The summed E-state index contributed by atoms with van der Waals surface area (Å²) in [5.41, 5.74) is 5.50. The average molecular weight is 137 g/mol. The minimum Gasteiger partial charge on any atom is -0.300 e. The molecular weight excluding hydrogens is 128 g/mol. The summed E-state index contributed by atoms with van der Waals surface area (Å²) in [4.78, 5) is 0. The molecule has 0 spiro atoms. The third-order valence-corrected chi connectivity index (χ3v) is 0.711. The molecule has 1 aliphatic rings. The van der Waals surface area contributed by atoms with Gasteiger partial charge in [0.1, 0.15) is 0 Å². The van der Waals surface area contributed by atoms with Crippen molar-refractivity contribution in [1.82, 2.24) is 16.1 Å². The van der Waals surface area contributed by atoms with E-state index in [9.17, 15) is 0 Å². The van der Waals surface area contributed by atoms with Gasteiger partial charge in [-0.05, 0) is 0 Å². The van der Waals surface area contributed by atoms with Crippen molar-refractivity contribution in [1.29, 1.82) is 0 Å². The van der Waals surface area contributed by atoms with Crippen molar-refractivity contribution in [3.63, 3.8) is 0 Å². The van der Waals surface area contributed by atoms with Crippen LogP contribution in [-0.4, -0.2) is 11.8 Å². The molecule has 0 atom stereocenters. The first kappa shape index (κ1) is 7.71. The van der Waals surface area contributed by atoms with Gasteiger partial charge in [-0.2, -0.15) is 0 Å². The SMILES string of the molecule is Cl.NN1NC=CCN1. The number of nitrogens with zero attached hydrogens (tertiary/aromatic N) is 1. The Morgan fingerprint density at radius 2 is 2.38 bits per heavy atom. The molecule has 0 unspecified atom stereocenters. The zero-order valence-electron chi connectivity index (χ0n) is 4.29. The fourth-order valence-electron chi connectivity index (χ4n) is 0.389. The first-order valence-electron chi connectivity index (χ1n) is 2.09. The third kappa shape index (κ3) is 2.13. The molecule has 4 N–H and O–H groups in total. The summed E-state index contributed by atoms with van der Waals surface area (Å²) in [5, 5.41) is 1.31. The van der Waals surface area contributed by atoms with E-state index in [1.807, 2.05) is 6.08 Å². The zero-order valence-corrected chi connectivity index (χ0v) is 5.11. The highest BCUT2D eigenvalue weighted by molar-refractivity contribution is 5.85. The van der Waals surface area contributed by atoms with Crippen LogP contribution in [-0.2, 0) is 0 Å². The lowest BCUT2D eigenvalue weighted by atomic mass is 10.6. The van der Waals surface area contributed by atoms with Crippen molar-refractivity contribution in [2.75, 3.05) is 6.54 Å². The quantitative estimate of drug-likeness (QED) is 0.379. The van der Waals surface area contributed by atoms with Crippen molar-refractivity contribution >= 4 is 12.4 Å². The molecular formula is C3H9ClN4. The minimum absolute atomic E-state index is 0. The molecule has 1 aliphatic heterocycles. The molecule has 0 aromatic heterocycles. The van der Waals surface area contributed by atoms with E-state index in [1.54, 1.807) is 6.20 Å². The van der Waals surface area contributed by atoms with Crippen molar-refractivity contribution in [3.8, 4) is 0 Å². The van der Waals surface area contributed by atoms with E-state index in [0.29, 0.717) is 0 Å². The Bertz CT molecular complexity index is 83.4. The summed E-state index contributed by atoms with van der Waals surface area (Å²) in [7, 11) is 0. The predicted molar refractivity (Wildman–Crippen MR) is 33.6 cm³/mol. The van der Waals surface area contributed by atoms with E-state index >= 15 is 0 Å². The van der Waals surface area contributed by atoms with E-state index in [1.165, 1.54) is 5.23 Å². The summed E-state index contributed by atoms with van der Waals surface area (Å²) in [6.07, 6.45) is 3.71. The molecule has 1 rings (SSSR count). The minimum atomic E-state index is 0. The van der Waals surface area contributed by atoms with Crippen LogP contribution in [0.2, 0.25) is 0 Å². The summed E-state index contributed by atoms with van der Waals surface area (Å²) in [6.45, 7) is 0.795. The lowest BCUT2D eigenvalue weighted by Gasteiger charge is -2.18. The zero-order chi connectivity index (χ0) is 5.11. The van der Waals surface area contributed by atoms with Gasteiger partial charge < -0.3 is 0 Å². The van der Waals surface area contributed by atoms with E-state index < -0.39 is 0 Å². The van der Waals surface area contributed by atoms with Crippen molar-refractivity contribution in [2.24, 2.45) is 5.84 Å². The fourth-order valence-corrected chi connectivity index (χ4v) is 0.389. The molecule has 8 heavy (non-hydrogen) atoms. The fraction of sp³-hybridized carbons (Fsp3) is 0.333. The predicted octanol–water partition coefficient (Wildman–Crippen LogP) is -0.880. The van der Waals surface area contributed by atoms with Crippen LogP contribution in [0.5, 0.6) is 0 Å². The highest BCUT2D eigenvalue weighted by Crippen LogP contribution is 1.72. The molecule has 4 nitrogen and oxygen atoms in total. The molecule has 0 aromatic carbocycles. The van der Waals surface area contributed by atoms with Gasteiger partial charge in [0.15, 0.2) is 0 Å². The second-order valence-electron chi connectivity index (χ2n) is 1.26. The van der Waals surface area contributed by atoms with Gasteiger partial charge in [-0.3, -0.25) is 5.43 Å². The van der Waals surface area contributed by atoms with Crippen molar-refractivity contribution < 1.29 is 0 Å². The van der Waals surface area contributed by atoms with Gasteiger partial charge in [0.2, 0.25) is 0 Å². The van der Waals surface area contributed by atoms with Crippen molar-refractivity contribution in [2.45, 2.75) is 0 Å². The second-order valence-corrected chi connectivity index (χ2v) is 1.26. The van der Waals surface area contributed by atoms with Crippen LogP contribution in [0, 0.1) is 0 Å². The molecule has 0 aromatic rings. The number of hydrogen-bond acceptors (Lipinski definition) is 4. The standard InChI is InChI=1S/C3H8N4.ClH/c4-7-5-2-1-3-6-7;/h1-2,5-6H,3-4H2;1H. The van der Waals surface area contributed by atoms with E-state index in [2.05, 4.69) is 10.9 Å². The lowest BCUT2D eigenvalue weighted by Crippen LogP contribution is -2.52. The summed E-state index contributed by atoms with van der Waals surface area (Å²) in [5.74, 6) is 5.19. The molecule has 5 heteroatoms. The largest absolute Gasteiger partial charge is 0.300 e. The molecule has 0 aliphatic carbocycles. The number of rotatable bonds is 0. The Labute approximate surface area is 54.0 Å².